The summed E-state index contributed by atoms with van der Waals surface area (Å²) in [6.07, 6.45) is 6.16. The van der Waals surface area contributed by atoms with Crippen molar-refractivity contribution in [1.82, 2.24) is 21.1 Å². The van der Waals surface area contributed by atoms with Gasteiger partial charge in [-0.05, 0) is 51.3 Å². The summed E-state index contributed by atoms with van der Waals surface area (Å²) in [6, 6.07) is 7.51. The number of rotatable bonds is 7. The molecule has 7 nitrogen and oxygen atoms in total. The molecule has 0 spiro atoms. The van der Waals surface area contributed by atoms with Crippen LogP contribution in [0.2, 0.25) is 5.02 Å². The van der Waals surface area contributed by atoms with E-state index in [1.807, 2.05) is 17.1 Å². The Morgan fingerprint density at radius 2 is 1.74 bits per heavy atom. The van der Waals surface area contributed by atoms with E-state index in [9.17, 15) is 9.59 Å². The van der Waals surface area contributed by atoms with Crippen molar-refractivity contribution in [3.05, 3.63) is 34.9 Å². The van der Waals surface area contributed by atoms with Crippen molar-refractivity contribution >= 4 is 23.6 Å². The molecular weight excluding hydrogens is 416 g/mol. The van der Waals surface area contributed by atoms with E-state index < -0.39 is 17.7 Å². The minimum Gasteiger partial charge on any atom is -0.444 e. The second-order valence-corrected chi connectivity index (χ2v) is 10.0. The summed E-state index contributed by atoms with van der Waals surface area (Å²) < 4.78 is 5.35. The van der Waals surface area contributed by atoms with Gasteiger partial charge < -0.3 is 15.4 Å². The van der Waals surface area contributed by atoms with Gasteiger partial charge in [-0.15, -0.1) is 0 Å². The van der Waals surface area contributed by atoms with Gasteiger partial charge in [0.25, 0.3) is 5.91 Å². The molecule has 1 saturated heterocycles. The average Bonchev–Trinajstić information content (AvgIpc) is 2.66. The molecule has 2 amide bonds. The van der Waals surface area contributed by atoms with E-state index in [1.54, 1.807) is 32.9 Å². The smallest absolute Gasteiger partial charge is 0.408 e. The molecule has 3 N–H and O–H groups in total. The van der Waals surface area contributed by atoms with Gasteiger partial charge in [0.15, 0.2) is 0 Å². The first-order valence-electron chi connectivity index (χ1n) is 11.2. The predicted octanol–water partition coefficient (Wildman–Crippen LogP) is 3.41. The number of benzene rings is 1. The minimum absolute atomic E-state index is 0.253. The van der Waals surface area contributed by atoms with Crippen molar-refractivity contribution < 1.29 is 14.3 Å². The van der Waals surface area contributed by atoms with Gasteiger partial charge in [0, 0.05) is 36.6 Å². The molecule has 31 heavy (non-hydrogen) atoms. The van der Waals surface area contributed by atoms with Crippen LogP contribution in [-0.4, -0.2) is 53.8 Å². The zero-order chi connectivity index (χ0) is 22.4. The van der Waals surface area contributed by atoms with Gasteiger partial charge in [-0.25, -0.2) is 9.80 Å². The summed E-state index contributed by atoms with van der Waals surface area (Å²) in [4.78, 5) is 25.2. The Morgan fingerprint density at radius 1 is 1.10 bits per heavy atom. The summed E-state index contributed by atoms with van der Waals surface area (Å²) in [6.45, 7) is 6.91. The molecule has 2 aliphatic rings. The van der Waals surface area contributed by atoms with Crippen LogP contribution in [0, 0.1) is 0 Å². The highest BCUT2D eigenvalue weighted by Gasteiger charge is 2.32. The third-order valence-electron chi connectivity index (χ3n) is 5.59. The Labute approximate surface area is 190 Å². The van der Waals surface area contributed by atoms with Gasteiger partial charge in [0.2, 0.25) is 0 Å². The fraction of sp³-hybridized carbons (Fsp3) is 0.652. The lowest BCUT2D eigenvalue weighted by atomic mass is 9.94. The van der Waals surface area contributed by atoms with E-state index in [2.05, 4.69) is 16.1 Å². The van der Waals surface area contributed by atoms with E-state index in [4.69, 9.17) is 16.3 Å². The van der Waals surface area contributed by atoms with Gasteiger partial charge in [-0.1, -0.05) is 43.0 Å². The second kappa shape index (κ2) is 10.7. The molecule has 2 fully saturated rings. The van der Waals surface area contributed by atoms with Crippen molar-refractivity contribution in [3.8, 4) is 0 Å². The third-order valence-corrected chi connectivity index (χ3v) is 5.84. The standard InChI is InChI=1S/C23H35ClN4O3/c1-23(2,3)31-22(30)26-20(13-16-9-11-17(24)12-10-16)21(29)27-28-14-19(15-28)25-18-7-5-4-6-8-18/h9-12,18-20,25H,4-8,13-15H2,1-3H3,(H,26,30)(H,27,29). The molecule has 172 valence electrons. The lowest BCUT2D eigenvalue weighted by molar-refractivity contribution is -0.130. The Hall–Kier alpha value is -1.83. The van der Waals surface area contributed by atoms with Crippen LogP contribution in [0.25, 0.3) is 0 Å². The van der Waals surface area contributed by atoms with Gasteiger partial charge >= 0.3 is 6.09 Å². The second-order valence-electron chi connectivity index (χ2n) is 9.61. The van der Waals surface area contributed by atoms with E-state index in [0.29, 0.717) is 23.5 Å². The van der Waals surface area contributed by atoms with E-state index in [-0.39, 0.29) is 5.91 Å². The maximum Gasteiger partial charge on any atom is 0.408 e. The van der Waals surface area contributed by atoms with Gasteiger partial charge in [0.05, 0.1) is 0 Å². The molecule has 0 aromatic heterocycles. The highest BCUT2D eigenvalue weighted by molar-refractivity contribution is 6.30. The molecular formula is C23H35ClN4O3. The Balaban J connectivity index is 1.52. The number of carbonyl (C=O) groups excluding carboxylic acids is 2. The number of hydrazine groups is 1. The monoisotopic (exact) mass is 450 g/mol. The fourth-order valence-electron chi connectivity index (χ4n) is 4.03. The Morgan fingerprint density at radius 3 is 2.35 bits per heavy atom. The minimum atomic E-state index is -0.749. The van der Waals surface area contributed by atoms with Crippen LogP contribution in [0.4, 0.5) is 4.79 Å². The van der Waals surface area contributed by atoms with Crippen LogP contribution in [-0.2, 0) is 16.0 Å². The highest BCUT2D eigenvalue weighted by atomic mass is 35.5. The number of alkyl carbamates (subject to hydrolysis) is 1. The molecule has 8 heteroatoms. The van der Waals surface area contributed by atoms with Crippen molar-refractivity contribution in [1.29, 1.82) is 0 Å². The summed E-state index contributed by atoms with van der Waals surface area (Å²) >= 11 is 5.96. The largest absolute Gasteiger partial charge is 0.444 e. The normalized spacial score (nSPS) is 19.4. The molecule has 1 aromatic carbocycles. The lowest BCUT2D eigenvalue weighted by Crippen LogP contribution is -2.67. The van der Waals surface area contributed by atoms with Crippen molar-refractivity contribution in [2.75, 3.05) is 13.1 Å². The van der Waals surface area contributed by atoms with Crippen LogP contribution in [0.15, 0.2) is 24.3 Å². The van der Waals surface area contributed by atoms with Gasteiger partial charge in [0.1, 0.15) is 11.6 Å². The van der Waals surface area contributed by atoms with Crippen LogP contribution in [0.5, 0.6) is 0 Å². The van der Waals surface area contributed by atoms with E-state index >= 15 is 0 Å². The first-order valence-corrected chi connectivity index (χ1v) is 11.6. The summed E-state index contributed by atoms with van der Waals surface area (Å²) in [5, 5.41) is 8.94. The van der Waals surface area contributed by atoms with Crippen molar-refractivity contribution in [2.24, 2.45) is 0 Å². The molecule has 1 aliphatic heterocycles. The average molecular weight is 451 g/mol. The van der Waals surface area contributed by atoms with Crippen LogP contribution in [0.3, 0.4) is 0 Å². The van der Waals surface area contributed by atoms with Crippen molar-refractivity contribution in [2.45, 2.75) is 83.0 Å². The highest BCUT2D eigenvalue weighted by Crippen LogP contribution is 2.19. The molecule has 1 heterocycles. The fourth-order valence-corrected chi connectivity index (χ4v) is 4.15. The Bertz CT molecular complexity index is 738. The summed E-state index contributed by atoms with van der Waals surface area (Å²) in [5.74, 6) is -0.253. The van der Waals surface area contributed by atoms with Gasteiger partial charge in [-0.2, -0.15) is 0 Å². The Kier molecular flexibility index (Phi) is 8.19. The topological polar surface area (TPSA) is 82.7 Å². The molecule has 1 aliphatic carbocycles. The summed E-state index contributed by atoms with van der Waals surface area (Å²) in [7, 11) is 0. The molecule has 1 saturated carbocycles. The van der Waals surface area contributed by atoms with Crippen LogP contribution < -0.4 is 16.1 Å². The van der Waals surface area contributed by atoms with E-state index in [0.717, 1.165) is 18.7 Å². The molecule has 3 rings (SSSR count). The zero-order valence-electron chi connectivity index (χ0n) is 18.7. The number of amides is 2. The van der Waals surface area contributed by atoms with Crippen molar-refractivity contribution in [3.63, 3.8) is 0 Å². The van der Waals surface area contributed by atoms with Gasteiger partial charge in [-0.3, -0.25) is 10.2 Å². The number of carbonyl (C=O) groups is 2. The SMILES string of the molecule is CC(C)(C)OC(=O)NC(Cc1ccc(Cl)cc1)C(=O)NN1CC(NC2CCCCC2)C1. The number of nitrogens with one attached hydrogen (secondary N) is 3. The summed E-state index contributed by atoms with van der Waals surface area (Å²) in [5.41, 5.74) is 3.21. The van der Waals surface area contributed by atoms with E-state index in [1.165, 1.54) is 32.1 Å². The molecule has 1 aromatic rings. The third kappa shape index (κ3) is 7.98. The number of nitrogens with zero attached hydrogens (tertiary/aromatic N) is 1. The number of ether oxygens (including phenoxy) is 1. The maximum atomic E-state index is 12.9. The van der Waals surface area contributed by atoms with Crippen LogP contribution >= 0.6 is 11.6 Å². The number of halogens is 1. The number of hydrogen-bond donors (Lipinski definition) is 3. The molecule has 1 unspecified atom stereocenters. The van der Waals surface area contributed by atoms with Crippen LogP contribution in [0.1, 0.15) is 58.4 Å². The first kappa shape index (κ1) is 23.8. The maximum absolute atomic E-state index is 12.9. The first-order chi connectivity index (χ1) is 14.7. The number of hydrogen-bond acceptors (Lipinski definition) is 5. The molecule has 0 radical (unpaired) electrons. The molecule has 0 bridgehead atoms. The lowest BCUT2D eigenvalue weighted by Gasteiger charge is -2.42. The molecule has 1 atom stereocenters. The zero-order valence-corrected chi connectivity index (χ0v) is 19.5. The predicted molar refractivity (Wildman–Crippen MR) is 122 cm³/mol. The quantitative estimate of drug-likeness (QED) is 0.593.